The molecule has 1 heterocycles. The topological polar surface area (TPSA) is 59.5 Å². The predicted molar refractivity (Wildman–Crippen MR) is 80.1 cm³/mol. The van der Waals surface area contributed by atoms with Crippen LogP contribution in [0.25, 0.3) is 0 Å². The molecule has 1 aromatic heterocycles. The summed E-state index contributed by atoms with van der Waals surface area (Å²) in [6, 6.07) is 6.21. The van der Waals surface area contributed by atoms with Gasteiger partial charge in [0.15, 0.2) is 4.90 Å². The summed E-state index contributed by atoms with van der Waals surface area (Å²) in [5.41, 5.74) is 0.649. The molecule has 0 saturated carbocycles. The zero-order valence-corrected chi connectivity index (χ0v) is 13.3. The molecule has 0 radical (unpaired) electrons. The summed E-state index contributed by atoms with van der Waals surface area (Å²) in [5, 5.41) is 0. The van der Waals surface area contributed by atoms with E-state index in [0.29, 0.717) is 5.56 Å². The van der Waals surface area contributed by atoms with E-state index in [1.165, 1.54) is 19.5 Å². The summed E-state index contributed by atoms with van der Waals surface area (Å²) < 4.78 is 59.0. The van der Waals surface area contributed by atoms with E-state index >= 15 is 0 Å². The Labute approximate surface area is 133 Å². The van der Waals surface area contributed by atoms with Crippen molar-refractivity contribution >= 4 is 10.0 Å². The van der Waals surface area contributed by atoms with Crippen LogP contribution in [-0.4, -0.2) is 38.0 Å². The molecule has 8 heteroatoms. The maximum absolute atomic E-state index is 13.9. The van der Waals surface area contributed by atoms with Gasteiger partial charge in [-0.05, 0) is 29.8 Å². The fraction of sp³-hybridized carbons (Fsp3) is 0.267. The molecule has 0 amide bonds. The van der Waals surface area contributed by atoms with Crippen LogP contribution in [0.3, 0.4) is 0 Å². The quantitative estimate of drug-likeness (QED) is 0.774. The van der Waals surface area contributed by atoms with Gasteiger partial charge in [0.2, 0.25) is 10.0 Å². The fourth-order valence-electron chi connectivity index (χ4n) is 2.03. The number of halogens is 2. The molecule has 2 aromatic rings. The van der Waals surface area contributed by atoms with Crippen LogP contribution >= 0.6 is 0 Å². The third-order valence-electron chi connectivity index (χ3n) is 3.17. The minimum atomic E-state index is -4.35. The second-order valence-corrected chi connectivity index (χ2v) is 6.61. The summed E-state index contributed by atoms with van der Waals surface area (Å²) >= 11 is 0. The highest BCUT2D eigenvalue weighted by molar-refractivity contribution is 7.89. The maximum Gasteiger partial charge on any atom is 0.249 e. The molecule has 0 spiro atoms. The third kappa shape index (κ3) is 4.10. The Morgan fingerprint density at radius 1 is 1.13 bits per heavy atom. The minimum absolute atomic E-state index is 0.0328. The first kappa shape index (κ1) is 17.5. The number of ether oxygens (including phenoxy) is 1. The van der Waals surface area contributed by atoms with Crippen LogP contribution < -0.4 is 0 Å². The van der Waals surface area contributed by atoms with Crippen molar-refractivity contribution in [3.63, 3.8) is 0 Å². The molecular weight excluding hydrogens is 326 g/mol. The predicted octanol–water partition coefficient (Wildman–Crippen LogP) is 2.20. The first-order valence-electron chi connectivity index (χ1n) is 6.79. The van der Waals surface area contributed by atoms with E-state index in [0.717, 1.165) is 22.5 Å². The molecule has 124 valence electrons. The van der Waals surface area contributed by atoms with Gasteiger partial charge in [-0.2, -0.15) is 4.31 Å². The summed E-state index contributed by atoms with van der Waals surface area (Å²) in [4.78, 5) is 2.90. The van der Waals surface area contributed by atoms with E-state index < -0.39 is 26.6 Å². The van der Waals surface area contributed by atoms with Crippen molar-refractivity contribution in [3.8, 4) is 0 Å². The van der Waals surface area contributed by atoms with E-state index in [9.17, 15) is 17.2 Å². The molecule has 0 unspecified atom stereocenters. The van der Waals surface area contributed by atoms with Gasteiger partial charge in [0.05, 0.1) is 6.61 Å². The number of nitrogens with zero attached hydrogens (tertiary/aromatic N) is 2. The average molecular weight is 342 g/mol. The van der Waals surface area contributed by atoms with Crippen molar-refractivity contribution in [2.24, 2.45) is 0 Å². The van der Waals surface area contributed by atoms with E-state index in [1.54, 1.807) is 12.1 Å². The van der Waals surface area contributed by atoms with Crippen LogP contribution in [-0.2, 0) is 21.3 Å². The van der Waals surface area contributed by atoms with Crippen molar-refractivity contribution < 1.29 is 21.9 Å². The first-order chi connectivity index (χ1) is 11.0. The summed E-state index contributed by atoms with van der Waals surface area (Å²) in [6.07, 6.45) is 3.03. The number of sulfonamides is 1. The molecule has 0 aliphatic carbocycles. The summed E-state index contributed by atoms with van der Waals surface area (Å²) in [6.45, 7) is 0.0251. The molecule has 0 saturated heterocycles. The third-order valence-corrected chi connectivity index (χ3v) is 5.07. The number of hydrogen-bond acceptors (Lipinski definition) is 4. The molecule has 0 fully saturated rings. The average Bonchev–Trinajstić information content (AvgIpc) is 2.52. The van der Waals surface area contributed by atoms with Crippen LogP contribution in [0.15, 0.2) is 47.6 Å². The van der Waals surface area contributed by atoms with Gasteiger partial charge >= 0.3 is 0 Å². The van der Waals surface area contributed by atoms with Crippen LogP contribution in [0.5, 0.6) is 0 Å². The van der Waals surface area contributed by atoms with Gasteiger partial charge < -0.3 is 4.74 Å². The molecular formula is C15H16F2N2O3S. The molecule has 2 rings (SSSR count). The highest BCUT2D eigenvalue weighted by Crippen LogP contribution is 2.23. The molecule has 0 aliphatic heterocycles. The Hall–Kier alpha value is -1.90. The number of aromatic nitrogens is 1. The van der Waals surface area contributed by atoms with E-state index in [2.05, 4.69) is 4.98 Å². The number of rotatable bonds is 7. The smallest absolute Gasteiger partial charge is 0.249 e. The zero-order chi connectivity index (χ0) is 16.9. The van der Waals surface area contributed by atoms with Crippen LogP contribution in [0.4, 0.5) is 8.78 Å². The Kier molecular flexibility index (Phi) is 5.75. The largest absolute Gasteiger partial charge is 0.383 e. The van der Waals surface area contributed by atoms with Gasteiger partial charge in [0, 0.05) is 32.6 Å². The highest BCUT2D eigenvalue weighted by Gasteiger charge is 2.30. The molecule has 23 heavy (non-hydrogen) atoms. The highest BCUT2D eigenvalue weighted by atomic mass is 32.2. The lowest BCUT2D eigenvalue weighted by Crippen LogP contribution is -2.34. The van der Waals surface area contributed by atoms with E-state index in [1.807, 2.05) is 0 Å². The Balaban J connectivity index is 2.41. The van der Waals surface area contributed by atoms with Crippen molar-refractivity contribution in [1.29, 1.82) is 0 Å². The van der Waals surface area contributed by atoms with Crippen molar-refractivity contribution in [2.45, 2.75) is 11.4 Å². The normalized spacial score (nSPS) is 11.8. The lowest BCUT2D eigenvalue weighted by molar-refractivity contribution is 0.177. The molecule has 0 aliphatic rings. The van der Waals surface area contributed by atoms with Gasteiger partial charge in [-0.1, -0.05) is 6.07 Å². The Morgan fingerprint density at radius 3 is 2.30 bits per heavy atom. The maximum atomic E-state index is 13.9. The molecule has 5 nitrogen and oxygen atoms in total. The van der Waals surface area contributed by atoms with Crippen LogP contribution in [0, 0.1) is 11.6 Å². The number of methoxy groups -OCH3 is 1. The number of pyridine rings is 1. The second-order valence-electron chi connectivity index (χ2n) is 4.74. The Morgan fingerprint density at radius 2 is 1.74 bits per heavy atom. The Bertz CT molecular complexity index is 734. The van der Waals surface area contributed by atoms with E-state index in [4.69, 9.17) is 4.74 Å². The number of benzene rings is 1. The van der Waals surface area contributed by atoms with Gasteiger partial charge in [-0.25, -0.2) is 17.2 Å². The second kappa shape index (κ2) is 7.58. The van der Waals surface area contributed by atoms with Gasteiger partial charge in [-0.15, -0.1) is 0 Å². The number of hydrogen-bond donors (Lipinski definition) is 0. The summed E-state index contributed by atoms with van der Waals surface area (Å²) in [7, 11) is -2.93. The van der Waals surface area contributed by atoms with Crippen molar-refractivity contribution in [3.05, 3.63) is 59.9 Å². The molecule has 0 atom stereocenters. The minimum Gasteiger partial charge on any atom is -0.383 e. The SMILES string of the molecule is COCCN(Cc1ccncc1)S(=O)(=O)c1c(F)cccc1F. The van der Waals surface area contributed by atoms with Crippen LogP contribution in [0.1, 0.15) is 5.56 Å². The van der Waals surface area contributed by atoms with Crippen LogP contribution in [0.2, 0.25) is 0 Å². The summed E-state index contributed by atoms with van der Waals surface area (Å²) in [5.74, 6) is -2.25. The first-order valence-corrected chi connectivity index (χ1v) is 8.23. The van der Waals surface area contributed by atoms with Crippen molar-refractivity contribution in [1.82, 2.24) is 9.29 Å². The van der Waals surface area contributed by atoms with Gasteiger partial charge in [-0.3, -0.25) is 4.98 Å². The van der Waals surface area contributed by atoms with Gasteiger partial charge in [0.25, 0.3) is 0 Å². The molecule has 1 aromatic carbocycles. The van der Waals surface area contributed by atoms with E-state index in [-0.39, 0.29) is 19.7 Å². The lowest BCUT2D eigenvalue weighted by atomic mass is 10.3. The lowest BCUT2D eigenvalue weighted by Gasteiger charge is -2.22. The standard InChI is InChI=1S/C15H16F2N2O3S/c1-22-10-9-19(11-12-5-7-18-8-6-12)23(20,21)15-13(16)3-2-4-14(15)17/h2-8H,9-11H2,1H3. The zero-order valence-electron chi connectivity index (χ0n) is 12.4. The molecule has 0 N–H and O–H groups in total. The fourth-order valence-corrected chi connectivity index (χ4v) is 3.55. The van der Waals surface area contributed by atoms with Crippen molar-refractivity contribution in [2.75, 3.05) is 20.3 Å². The van der Waals surface area contributed by atoms with Gasteiger partial charge in [0.1, 0.15) is 11.6 Å². The molecule has 0 bridgehead atoms. The monoisotopic (exact) mass is 342 g/mol.